The minimum absolute atomic E-state index is 0.103. The third kappa shape index (κ3) is 9.06. The predicted molar refractivity (Wildman–Crippen MR) is 135 cm³/mol. The van der Waals surface area contributed by atoms with E-state index in [1.807, 2.05) is 0 Å². The van der Waals surface area contributed by atoms with Gasteiger partial charge in [-0.2, -0.15) is 0 Å². The van der Waals surface area contributed by atoms with Crippen LogP contribution in [0.5, 0.6) is 0 Å². The molecule has 0 atom stereocenters. The van der Waals surface area contributed by atoms with E-state index in [2.05, 4.69) is 24.7 Å². The molecule has 0 aromatic heterocycles. The molecule has 2 rings (SSSR count). The molecule has 0 heterocycles. The van der Waals surface area contributed by atoms with Gasteiger partial charge in [0.05, 0.1) is 0 Å². The molecule has 2 aromatic carbocycles. The fourth-order valence-corrected chi connectivity index (χ4v) is 12.4. The van der Waals surface area contributed by atoms with E-state index >= 15 is 0 Å². The molecule has 36 heavy (non-hydrogen) atoms. The number of halogens is 8. The van der Waals surface area contributed by atoms with Crippen molar-refractivity contribution in [1.29, 1.82) is 0 Å². The quantitative estimate of drug-likeness (QED) is 0.113. The average Bonchev–Trinajstić information content (AvgIpc) is 2.79. The van der Waals surface area contributed by atoms with Gasteiger partial charge in [0.25, 0.3) is 0 Å². The van der Waals surface area contributed by atoms with Gasteiger partial charge >= 0.3 is 220 Å². The first-order valence-electron chi connectivity index (χ1n) is 9.14. The van der Waals surface area contributed by atoms with E-state index < -0.39 is 71.7 Å². The molecule has 0 N–H and O–H groups in total. The summed E-state index contributed by atoms with van der Waals surface area (Å²) in [7, 11) is -11.8. The Morgan fingerprint density at radius 3 is 1.19 bits per heavy atom. The number of benzene rings is 2. The van der Waals surface area contributed by atoms with Gasteiger partial charge in [-0.1, -0.05) is 0 Å². The molecule has 0 bridgehead atoms. The van der Waals surface area contributed by atoms with E-state index in [4.69, 9.17) is 0 Å². The van der Waals surface area contributed by atoms with Gasteiger partial charge in [0.15, 0.2) is 0 Å². The molecule has 2 aromatic rings. The van der Waals surface area contributed by atoms with E-state index in [9.17, 15) is 43.2 Å². The van der Waals surface area contributed by atoms with Gasteiger partial charge < -0.3 is 0 Å². The predicted octanol–water partition coefficient (Wildman–Crippen LogP) is 6.00. The van der Waals surface area contributed by atoms with E-state index in [1.54, 1.807) is 12.1 Å². The zero-order valence-electron chi connectivity index (χ0n) is 17.5. The molecule has 0 aliphatic heterocycles. The molecule has 0 spiro atoms. The van der Waals surface area contributed by atoms with Gasteiger partial charge in [0, 0.05) is 0 Å². The zero-order valence-corrected chi connectivity index (χ0v) is 23.4. The van der Waals surface area contributed by atoms with Crippen LogP contribution in [0.3, 0.4) is 0 Å². The summed E-state index contributed by atoms with van der Waals surface area (Å²) in [6.45, 7) is 0. The number of hydrogen-bond donors (Lipinski definition) is 0. The van der Waals surface area contributed by atoms with Gasteiger partial charge in [-0.25, -0.2) is 0 Å². The van der Waals surface area contributed by atoms with Crippen LogP contribution in [-0.4, -0.2) is 27.9 Å². The Bertz CT molecular complexity index is 1250. The van der Waals surface area contributed by atoms with Crippen molar-refractivity contribution < 1.29 is 48.2 Å². The normalized spacial score (nSPS) is 13.1. The maximum absolute atomic E-state index is 12.7. The minimum atomic E-state index is -5.88. The van der Waals surface area contributed by atoms with Gasteiger partial charge in [0.2, 0.25) is 0 Å². The molecule has 16 heteroatoms. The summed E-state index contributed by atoms with van der Waals surface area (Å²) in [5, 5.41) is 0. The fourth-order valence-electron chi connectivity index (χ4n) is 1.85. The number of alkyl halides is 6. The topological polar surface area (TPSA) is 86.7 Å². The van der Waals surface area contributed by atoms with Crippen molar-refractivity contribution in [3.8, 4) is 19.7 Å². The van der Waals surface area contributed by atoms with Crippen molar-refractivity contribution in [3.05, 3.63) is 67.8 Å². The van der Waals surface area contributed by atoms with Crippen molar-refractivity contribution in [2.45, 2.75) is 23.9 Å². The molecule has 0 aliphatic rings. The average molecular weight is 782 g/mol. The Labute approximate surface area is 218 Å². The first-order valence-corrected chi connectivity index (χ1v) is 18.0. The molecule has 198 valence electrons. The standard InChI is InChI=1S/C20H14F6I2O6S2/c21-19(22,23)35(29,30)33-27(17-11-5-3-6-12-17)15-9-1-2-10-16-28(18-13-7-4-8-14-18)34-36(31,32)20(24,25)26/h3-8,11-14H,1-2H2. The second-order valence-electron chi connectivity index (χ2n) is 6.06. The van der Waals surface area contributed by atoms with E-state index in [-0.39, 0.29) is 20.0 Å². The van der Waals surface area contributed by atoms with Gasteiger partial charge in [-0.15, -0.1) is 0 Å². The van der Waals surface area contributed by atoms with Crippen LogP contribution >= 0.6 is 40.5 Å². The van der Waals surface area contributed by atoms with Crippen LogP contribution in [0, 0.1) is 26.8 Å². The Balaban J connectivity index is 2.19. The Hall–Kier alpha value is -1.58. The van der Waals surface area contributed by atoms with E-state index in [1.165, 1.54) is 48.5 Å². The Morgan fingerprint density at radius 1 is 0.611 bits per heavy atom. The van der Waals surface area contributed by atoms with Crippen LogP contribution in [0.15, 0.2) is 60.7 Å². The molecule has 0 aliphatic carbocycles. The first kappa shape index (κ1) is 30.6. The van der Waals surface area contributed by atoms with Crippen molar-refractivity contribution >= 4 is 60.7 Å². The third-order valence-corrected chi connectivity index (χ3v) is 15.6. The molecular weight excluding hydrogens is 768 g/mol. The third-order valence-electron chi connectivity index (χ3n) is 3.40. The number of hydrogen-bond acceptors (Lipinski definition) is 6. The second kappa shape index (κ2) is 12.8. The summed E-state index contributed by atoms with van der Waals surface area (Å²) in [5.41, 5.74) is -11.3. The summed E-state index contributed by atoms with van der Waals surface area (Å²) in [4.78, 5) is 0. The first-order chi connectivity index (χ1) is 16.6. The number of unbranched alkanes of at least 4 members (excludes halogenated alkanes) is 1. The van der Waals surface area contributed by atoms with Crippen LogP contribution in [0.1, 0.15) is 12.8 Å². The second-order valence-corrected chi connectivity index (χ2v) is 17.6. The van der Waals surface area contributed by atoms with Crippen molar-refractivity contribution in [3.63, 3.8) is 0 Å². The van der Waals surface area contributed by atoms with Crippen LogP contribution in [0.2, 0.25) is 0 Å². The summed E-state index contributed by atoms with van der Waals surface area (Å²) < 4.78 is 136. The molecular formula is C20H14F6I2O6S2. The molecule has 0 unspecified atom stereocenters. The molecule has 0 fully saturated rings. The Kier molecular flexibility index (Phi) is 10.9. The van der Waals surface area contributed by atoms with Crippen LogP contribution in [0.25, 0.3) is 0 Å². The SMILES string of the molecule is O=S(=O)(OI(C#CCCC#CI(OS(=O)(=O)C(F)(F)F)c1ccccc1)c1ccccc1)C(F)(F)F. The summed E-state index contributed by atoms with van der Waals surface area (Å²) in [5.74, 6) is 4.97. The monoisotopic (exact) mass is 782 g/mol. The van der Waals surface area contributed by atoms with Crippen LogP contribution in [-0.2, 0) is 25.3 Å². The maximum atomic E-state index is 12.7. The van der Waals surface area contributed by atoms with E-state index in [0.717, 1.165) is 0 Å². The van der Waals surface area contributed by atoms with Crippen molar-refractivity contribution in [1.82, 2.24) is 0 Å². The van der Waals surface area contributed by atoms with Gasteiger partial charge in [-0.05, 0) is 0 Å². The fraction of sp³-hybridized carbons (Fsp3) is 0.200. The van der Waals surface area contributed by atoms with E-state index in [0.29, 0.717) is 0 Å². The Morgan fingerprint density at radius 2 is 0.917 bits per heavy atom. The summed E-state index contributed by atoms with van der Waals surface area (Å²) >= 11 is -7.26. The molecule has 6 nitrogen and oxygen atoms in total. The molecule has 0 saturated heterocycles. The van der Waals surface area contributed by atoms with Gasteiger partial charge in [0.1, 0.15) is 0 Å². The van der Waals surface area contributed by atoms with Gasteiger partial charge in [-0.3, -0.25) is 0 Å². The molecule has 0 saturated carbocycles. The van der Waals surface area contributed by atoms with Crippen LogP contribution in [0.4, 0.5) is 26.3 Å². The summed E-state index contributed by atoms with van der Waals surface area (Å²) in [6.07, 6.45) is -0.206. The molecule has 0 amide bonds. The molecule has 0 radical (unpaired) electrons. The van der Waals surface area contributed by atoms with Crippen molar-refractivity contribution in [2.75, 3.05) is 0 Å². The van der Waals surface area contributed by atoms with Crippen LogP contribution < -0.4 is 0 Å². The summed E-state index contributed by atoms with van der Waals surface area (Å²) in [6, 6.07) is 14.5. The number of rotatable bonds is 7. The van der Waals surface area contributed by atoms with Crippen molar-refractivity contribution in [2.24, 2.45) is 0 Å². The zero-order chi connectivity index (χ0) is 27.0.